The average Bonchev–Trinajstić information content (AvgIpc) is 2.45. The molecule has 0 radical (unpaired) electrons. The monoisotopic (exact) mass is 290 g/mol. The van der Waals surface area contributed by atoms with E-state index in [0.29, 0.717) is 11.6 Å². The topological polar surface area (TPSA) is 61.4 Å². The summed E-state index contributed by atoms with van der Waals surface area (Å²) in [6.45, 7) is 9.68. The van der Waals surface area contributed by atoms with Gasteiger partial charge in [0.25, 0.3) is 0 Å². The molecule has 116 valence electrons. The summed E-state index contributed by atoms with van der Waals surface area (Å²) in [6, 6.07) is 3.72. The van der Waals surface area contributed by atoms with Crippen LogP contribution in [0.4, 0.5) is 5.69 Å². The number of phenolic OH excluding ortho intramolecular Hbond substituents is 1. The number of nitrogens with one attached hydrogen (secondary N) is 2. The van der Waals surface area contributed by atoms with Crippen molar-refractivity contribution < 1.29 is 9.90 Å². The minimum absolute atomic E-state index is 0.0310. The number of carbonyl (C=O) groups is 1. The van der Waals surface area contributed by atoms with Crippen molar-refractivity contribution in [1.82, 2.24) is 5.32 Å². The Morgan fingerprint density at radius 3 is 2.71 bits per heavy atom. The Kier molecular flexibility index (Phi) is 4.57. The van der Waals surface area contributed by atoms with Crippen LogP contribution in [0.25, 0.3) is 0 Å². The molecule has 1 amide bonds. The van der Waals surface area contributed by atoms with Crippen molar-refractivity contribution in [3.63, 3.8) is 0 Å². The predicted octanol–water partition coefficient (Wildman–Crippen LogP) is 2.97. The number of hydrogen-bond acceptors (Lipinski definition) is 3. The van der Waals surface area contributed by atoms with Crippen LogP contribution in [0.1, 0.15) is 37.8 Å². The fourth-order valence-corrected chi connectivity index (χ4v) is 2.99. The largest absolute Gasteiger partial charge is 0.505 e. The molecule has 1 fully saturated rings. The fourth-order valence-electron chi connectivity index (χ4n) is 2.99. The Labute approximate surface area is 126 Å². The third-order valence-electron chi connectivity index (χ3n) is 4.60. The van der Waals surface area contributed by atoms with E-state index in [9.17, 15) is 9.90 Å². The zero-order valence-electron chi connectivity index (χ0n) is 13.4. The van der Waals surface area contributed by atoms with E-state index in [-0.39, 0.29) is 11.7 Å². The third-order valence-corrected chi connectivity index (χ3v) is 4.60. The van der Waals surface area contributed by atoms with Crippen molar-refractivity contribution in [1.29, 1.82) is 0 Å². The van der Waals surface area contributed by atoms with Gasteiger partial charge in [-0.2, -0.15) is 0 Å². The van der Waals surface area contributed by atoms with Crippen LogP contribution >= 0.6 is 0 Å². The summed E-state index contributed by atoms with van der Waals surface area (Å²) in [4.78, 5) is 12.7. The quantitative estimate of drug-likeness (QED) is 0.750. The van der Waals surface area contributed by atoms with Crippen LogP contribution in [-0.2, 0) is 4.79 Å². The van der Waals surface area contributed by atoms with Crippen molar-refractivity contribution in [2.45, 2.75) is 40.5 Å². The number of rotatable bonds is 3. The van der Waals surface area contributed by atoms with Crippen LogP contribution in [0, 0.1) is 25.2 Å². The first-order valence-electron chi connectivity index (χ1n) is 7.64. The van der Waals surface area contributed by atoms with Crippen LogP contribution in [0.3, 0.4) is 0 Å². The molecule has 1 aromatic carbocycles. The summed E-state index contributed by atoms with van der Waals surface area (Å²) < 4.78 is 0. The second-order valence-corrected chi connectivity index (χ2v) is 6.70. The summed E-state index contributed by atoms with van der Waals surface area (Å²) in [5.41, 5.74) is 1.85. The molecule has 3 N–H and O–H groups in total. The smallest absolute Gasteiger partial charge is 0.230 e. The first-order chi connectivity index (χ1) is 9.82. The first-order valence-corrected chi connectivity index (χ1v) is 7.64. The molecule has 4 heteroatoms. The fraction of sp³-hybridized carbons (Fsp3) is 0.588. The Morgan fingerprint density at radius 1 is 1.38 bits per heavy atom. The number of benzene rings is 1. The Balaban J connectivity index is 2.17. The molecular formula is C17H26N2O2. The minimum Gasteiger partial charge on any atom is -0.505 e. The zero-order chi connectivity index (χ0) is 15.6. The summed E-state index contributed by atoms with van der Waals surface area (Å²) >= 11 is 0. The molecule has 1 aliphatic rings. The summed E-state index contributed by atoms with van der Waals surface area (Å²) in [5.74, 6) is 0.447. The summed E-state index contributed by atoms with van der Waals surface area (Å²) in [7, 11) is 0. The van der Waals surface area contributed by atoms with E-state index in [4.69, 9.17) is 0 Å². The van der Waals surface area contributed by atoms with Crippen molar-refractivity contribution in [2.75, 3.05) is 18.4 Å². The highest BCUT2D eigenvalue weighted by Crippen LogP contribution is 2.35. The average molecular weight is 290 g/mol. The molecule has 1 saturated heterocycles. The number of hydrogen-bond donors (Lipinski definition) is 3. The zero-order valence-corrected chi connectivity index (χ0v) is 13.4. The van der Waals surface area contributed by atoms with Gasteiger partial charge in [0, 0.05) is 5.41 Å². The second-order valence-electron chi connectivity index (χ2n) is 6.70. The van der Waals surface area contributed by atoms with Crippen LogP contribution in [-0.4, -0.2) is 24.1 Å². The van der Waals surface area contributed by atoms with Gasteiger partial charge in [0.05, 0.1) is 5.69 Å². The van der Waals surface area contributed by atoms with Gasteiger partial charge in [0.1, 0.15) is 5.75 Å². The van der Waals surface area contributed by atoms with E-state index in [1.54, 1.807) is 0 Å². The lowest BCUT2D eigenvalue weighted by molar-refractivity contribution is -0.127. The van der Waals surface area contributed by atoms with Gasteiger partial charge in [0.2, 0.25) is 5.91 Å². The lowest BCUT2D eigenvalue weighted by Gasteiger charge is -2.36. The molecule has 21 heavy (non-hydrogen) atoms. The maximum atomic E-state index is 12.7. The van der Waals surface area contributed by atoms with Crippen LogP contribution < -0.4 is 10.6 Å². The van der Waals surface area contributed by atoms with Gasteiger partial charge in [-0.3, -0.25) is 4.79 Å². The Morgan fingerprint density at radius 2 is 2.10 bits per heavy atom. The molecular weight excluding hydrogens is 264 g/mol. The molecule has 1 heterocycles. The molecule has 0 aliphatic carbocycles. The van der Waals surface area contributed by atoms with Crippen LogP contribution in [0.15, 0.2) is 12.1 Å². The number of carbonyl (C=O) groups excluding carboxylic acids is 1. The lowest BCUT2D eigenvalue weighted by Crippen LogP contribution is -2.44. The summed E-state index contributed by atoms with van der Waals surface area (Å²) in [5, 5.41) is 16.4. The highest BCUT2D eigenvalue weighted by molar-refractivity contribution is 5.96. The summed E-state index contributed by atoms with van der Waals surface area (Å²) in [6.07, 6.45) is 2.17. The molecule has 1 aliphatic heterocycles. The minimum atomic E-state index is -0.461. The predicted molar refractivity (Wildman–Crippen MR) is 85.6 cm³/mol. The standard InChI is InChI=1S/C17H26N2O2/c1-11-8-12(2)15(20)14(9-11)19-16(21)17(3,4)13-6-5-7-18-10-13/h8-9,13,18,20H,5-7,10H2,1-4H3,(H,19,21). The third kappa shape index (κ3) is 3.38. The van der Waals surface area contributed by atoms with Crippen molar-refractivity contribution in [2.24, 2.45) is 11.3 Å². The molecule has 0 aromatic heterocycles. The van der Waals surface area contributed by atoms with E-state index in [1.807, 2.05) is 39.8 Å². The van der Waals surface area contributed by atoms with Gasteiger partial charge in [-0.25, -0.2) is 0 Å². The van der Waals surface area contributed by atoms with Gasteiger partial charge in [0.15, 0.2) is 0 Å². The number of aryl methyl sites for hydroxylation is 2. The number of amides is 1. The van der Waals surface area contributed by atoms with E-state index in [0.717, 1.165) is 37.1 Å². The lowest BCUT2D eigenvalue weighted by atomic mass is 9.74. The number of phenols is 1. The van der Waals surface area contributed by atoms with Crippen molar-refractivity contribution in [3.8, 4) is 5.75 Å². The van der Waals surface area contributed by atoms with Gasteiger partial charge >= 0.3 is 0 Å². The Bertz CT molecular complexity index is 532. The maximum absolute atomic E-state index is 12.7. The van der Waals surface area contributed by atoms with Crippen LogP contribution in [0.2, 0.25) is 0 Å². The molecule has 0 bridgehead atoms. The van der Waals surface area contributed by atoms with Crippen molar-refractivity contribution >= 4 is 11.6 Å². The van der Waals surface area contributed by atoms with Gasteiger partial charge in [-0.15, -0.1) is 0 Å². The maximum Gasteiger partial charge on any atom is 0.230 e. The molecule has 2 rings (SSSR count). The normalized spacial score (nSPS) is 19.3. The highest BCUT2D eigenvalue weighted by Gasteiger charge is 2.37. The SMILES string of the molecule is Cc1cc(C)c(O)c(NC(=O)C(C)(C)C2CCCNC2)c1. The highest BCUT2D eigenvalue weighted by atomic mass is 16.3. The second kappa shape index (κ2) is 6.06. The molecule has 1 unspecified atom stereocenters. The van der Waals surface area contributed by atoms with Gasteiger partial charge in [-0.05, 0) is 62.9 Å². The van der Waals surface area contributed by atoms with E-state index < -0.39 is 5.41 Å². The van der Waals surface area contributed by atoms with Crippen LogP contribution in [0.5, 0.6) is 5.75 Å². The molecule has 1 aromatic rings. The molecule has 0 saturated carbocycles. The van der Waals surface area contributed by atoms with Crippen molar-refractivity contribution in [3.05, 3.63) is 23.3 Å². The number of anilines is 1. The molecule has 1 atom stereocenters. The number of aromatic hydroxyl groups is 1. The number of piperidine rings is 1. The van der Waals surface area contributed by atoms with E-state index >= 15 is 0 Å². The Hall–Kier alpha value is -1.55. The van der Waals surface area contributed by atoms with E-state index in [2.05, 4.69) is 10.6 Å². The molecule has 4 nitrogen and oxygen atoms in total. The van der Waals surface area contributed by atoms with Gasteiger partial charge < -0.3 is 15.7 Å². The van der Waals surface area contributed by atoms with E-state index in [1.165, 1.54) is 0 Å². The first kappa shape index (κ1) is 15.8. The van der Waals surface area contributed by atoms with Gasteiger partial charge in [-0.1, -0.05) is 19.9 Å². The molecule has 0 spiro atoms.